The van der Waals surface area contributed by atoms with Crippen molar-refractivity contribution >= 4 is 5.91 Å². The average Bonchev–Trinajstić information content (AvgIpc) is 2.43. The summed E-state index contributed by atoms with van der Waals surface area (Å²) in [5.74, 6) is 0.826. The third kappa shape index (κ3) is 3.12. The third-order valence-electron chi connectivity index (χ3n) is 3.53. The molecule has 0 aliphatic carbocycles. The Hall–Kier alpha value is -1.55. The minimum absolute atomic E-state index is 0.0603. The summed E-state index contributed by atoms with van der Waals surface area (Å²) in [4.78, 5) is 14.7. The molecule has 1 amide bonds. The second kappa shape index (κ2) is 6.27. The van der Waals surface area contributed by atoms with Gasteiger partial charge in [-0.1, -0.05) is 12.1 Å². The van der Waals surface area contributed by atoms with Crippen LogP contribution in [0.15, 0.2) is 12.1 Å². The van der Waals surface area contributed by atoms with Gasteiger partial charge in [0.15, 0.2) is 0 Å². The first-order valence-electron chi connectivity index (χ1n) is 7.27. The Bertz CT molecular complexity index is 491. The van der Waals surface area contributed by atoms with E-state index in [0.717, 1.165) is 48.6 Å². The zero-order chi connectivity index (χ0) is 14.7. The standard InChI is InChI=1S/C16H24N2O2/c1-11(2)20-15-13(4)6-5-12(3)14(15)16(19)18-9-7-17-8-10-18/h5-6,11,17H,7-10H2,1-4H3. The van der Waals surface area contributed by atoms with Crippen molar-refractivity contribution in [3.05, 3.63) is 28.8 Å². The molecule has 1 aromatic rings. The van der Waals surface area contributed by atoms with Gasteiger partial charge in [0.05, 0.1) is 11.7 Å². The molecular weight excluding hydrogens is 252 g/mol. The fourth-order valence-electron chi connectivity index (χ4n) is 2.46. The second-order valence-corrected chi connectivity index (χ2v) is 5.61. The number of carbonyl (C=O) groups is 1. The molecule has 0 spiro atoms. The van der Waals surface area contributed by atoms with Crippen LogP contribution in [0, 0.1) is 13.8 Å². The van der Waals surface area contributed by atoms with Crippen LogP contribution in [0.2, 0.25) is 0 Å². The lowest BCUT2D eigenvalue weighted by Crippen LogP contribution is -2.46. The number of benzene rings is 1. The van der Waals surface area contributed by atoms with Gasteiger partial charge in [-0.05, 0) is 38.8 Å². The molecule has 2 rings (SSSR count). The van der Waals surface area contributed by atoms with Crippen LogP contribution in [0.25, 0.3) is 0 Å². The van der Waals surface area contributed by atoms with Gasteiger partial charge in [-0.15, -0.1) is 0 Å². The van der Waals surface area contributed by atoms with E-state index in [-0.39, 0.29) is 12.0 Å². The van der Waals surface area contributed by atoms with Crippen LogP contribution in [0.4, 0.5) is 0 Å². The molecule has 1 heterocycles. The zero-order valence-electron chi connectivity index (χ0n) is 12.8. The SMILES string of the molecule is Cc1ccc(C)c(C(=O)N2CCNCC2)c1OC(C)C. The molecule has 1 saturated heterocycles. The number of rotatable bonds is 3. The highest BCUT2D eigenvalue weighted by Gasteiger charge is 2.24. The van der Waals surface area contributed by atoms with Gasteiger partial charge in [0, 0.05) is 26.2 Å². The van der Waals surface area contributed by atoms with E-state index in [2.05, 4.69) is 5.32 Å². The maximum Gasteiger partial charge on any atom is 0.257 e. The van der Waals surface area contributed by atoms with E-state index in [4.69, 9.17) is 4.74 Å². The summed E-state index contributed by atoms with van der Waals surface area (Å²) in [6.07, 6.45) is 0.0603. The number of hydrogen-bond acceptors (Lipinski definition) is 3. The summed E-state index contributed by atoms with van der Waals surface area (Å²) < 4.78 is 5.91. The topological polar surface area (TPSA) is 41.6 Å². The largest absolute Gasteiger partial charge is 0.490 e. The lowest BCUT2D eigenvalue weighted by Gasteiger charge is -2.29. The first-order chi connectivity index (χ1) is 9.50. The predicted molar refractivity (Wildman–Crippen MR) is 80.5 cm³/mol. The van der Waals surface area contributed by atoms with Crippen molar-refractivity contribution in [1.29, 1.82) is 0 Å². The Kier molecular flexibility index (Phi) is 4.65. The molecule has 0 unspecified atom stereocenters. The first-order valence-corrected chi connectivity index (χ1v) is 7.27. The molecule has 4 heteroatoms. The summed E-state index contributed by atoms with van der Waals surface area (Å²) >= 11 is 0. The van der Waals surface area contributed by atoms with Crippen LogP contribution in [0.1, 0.15) is 35.3 Å². The van der Waals surface area contributed by atoms with Crippen LogP contribution >= 0.6 is 0 Å². The number of hydrogen-bond donors (Lipinski definition) is 1. The van der Waals surface area contributed by atoms with Crippen molar-refractivity contribution < 1.29 is 9.53 Å². The van der Waals surface area contributed by atoms with E-state index in [1.54, 1.807) is 0 Å². The van der Waals surface area contributed by atoms with E-state index in [9.17, 15) is 4.79 Å². The van der Waals surface area contributed by atoms with Gasteiger partial charge >= 0.3 is 0 Å². The van der Waals surface area contributed by atoms with Crippen molar-refractivity contribution in [3.63, 3.8) is 0 Å². The number of carbonyl (C=O) groups excluding carboxylic acids is 1. The molecule has 1 aliphatic rings. The molecule has 0 radical (unpaired) electrons. The monoisotopic (exact) mass is 276 g/mol. The molecule has 110 valence electrons. The summed E-state index contributed by atoms with van der Waals surface area (Å²) in [6.45, 7) is 11.2. The number of ether oxygens (including phenoxy) is 1. The Morgan fingerprint density at radius 1 is 1.20 bits per heavy atom. The van der Waals surface area contributed by atoms with Crippen LogP contribution < -0.4 is 10.1 Å². The number of aryl methyl sites for hydroxylation is 2. The molecule has 1 N–H and O–H groups in total. The van der Waals surface area contributed by atoms with Gasteiger partial charge in [0.1, 0.15) is 5.75 Å². The molecule has 1 fully saturated rings. The van der Waals surface area contributed by atoms with E-state index in [0.29, 0.717) is 0 Å². The number of amides is 1. The van der Waals surface area contributed by atoms with E-state index in [1.807, 2.05) is 44.7 Å². The van der Waals surface area contributed by atoms with Crippen LogP contribution in [0.3, 0.4) is 0 Å². The van der Waals surface area contributed by atoms with Gasteiger partial charge < -0.3 is 15.0 Å². The van der Waals surface area contributed by atoms with Gasteiger partial charge in [0.25, 0.3) is 5.91 Å². The summed E-state index contributed by atoms with van der Waals surface area (Å²) in [6, 6.07) is 4.01. The fraction of sp³-hybridized carbons (Fsp3) is 0.562. The van der Waals surface area contributed by atoms with Crippen LogP contribution in [0.5, 0.6) is 5.75 Å². The minimum Gasteiger partial charge on any atom is -0.490 e. The van der Waals surface area contributed by atoms with Gasteiger partial charge in [-0.25, -0.2) is 0 Å². The van der Waals surface area contributed by atoms with Crippen LogP contribution in [-0.4, -0.2) is 43.1 Å². The quantitative estimate of drug-likeness (QED) is 0.919. The van der Waals surface area contributed by atoms with E-state index in [1.165, 1.54) is 0 Å². The molecule has 20 heavy (non-hydrogen) atoms. The maximum absolute atomic E-state index is 12.8. The highest BCUT2D eigenvalue weighted by Crippen LogP contribution is 2.29. The molecule has 1 aliphatic heterocycles. The van der Waals surface area contributed by atoms with Crippen molar-refractivity contribution in [2.24, 2.45) is 0 Å². The number of nitrogens with zero attached hydrogens (tertiary/aromatic N) is 1. The molecule has 0 bridgehead atoms. The molecule has 0 atom stereocenters. The van der Waals surface area contributed by atoms with Crippen molar-refractivity contribution in [1.82, 2.24) is 10.2 Å². The molecule has 4 nitrogen and oxygen atoms in total. The normalized spacial score (nSPS) is 15.6. The van der Waals surface area contributed by atoms with Gasteiger partial charge in [0.2, 0.25) is 0 Å². The third-order valence-corrected chi connectivity index (χ3v) is 3.53. The summed E-state index contributed by atoms with van der Waals surface area (Å²) in [5.41, 5.74) is 2.72. The van der Waals surface area contributed by atoms with Gasteiger partial charge in [-0.3, -0.25) is 4.79 Å². The van der Waals surface area contributed by atoms with E-state index >= 15 is 0 Å². The summed E-state index contributed by atoms with van der Waals surface area (Å²) in [5, 5.41) is 3.27. The Morgan fingerprint density at radius 2 is 1.80 bits per heavy atom. The van der Waals surface area contributed by atoms with Crippen molar-refractivity contribution in [2.75, 3.05) is 26.2 Å². The summed E-state index contributed by atoms with van der Waals surface area (Å²) in [7, 11) is 0. The lowest BCUT2D eigenvalue weighted by atomic mass is 10.0. The van der Waals surface area contributed by atoms with E-state index < -0.39 is 0 Å². The smallest absolute Gasteiger partial charge is 0.257 e. The Balaban J connectivity index is 2.37. The molecular formula is C16H24N2O2. The van der Waals surface area contributed by atoms with Crippen molar-refractivity contribution in [3.8, 4) is 5.75 Å². The molecule has 0 aromatic heterocycles. The second-order valence-electron chi connectivity index (χ2n) is 5.61. The molecule has 0 saturated carbocycles. The Morgan fingerprint density at radius 3 is 2.40 bits per heavy atom. The van der Waals surface area contributed by atoms with Gasteiger partial charge in [-0.2, -0.15) is 0 Å². The Labute approximate surface area is 121 Å². The molecule has 1 aromatic carbocycles. The van der Waals surface area contributed by atoms with Crippen LogP contribution in [-0.2, 0) is 0 Å². The zero-order valence-corrected chi connectivity index (χ0v) is 12.8. The predicted octanol–water partition coefficient (Wildman–Crippen LogP) is 2.14. The fourth-order valence-corrected chi connectivity index (χ4v) is 2.46. The highest BCUT2D eigenvalue weighted by atomic mass is 16.5. The number of piperazine rings is 1. The lowest BCUT2D eigenvalue weighted by molar-refractivity contribution is 0.0728. The maximum atomic E-state index is 12.8. The highest BCUT2D eigenvalue weighted by molar-refractivity contribution is 5.99. The number of nitrogens with one attached hydrogen (secondary N) is 1. The first kappa shape index (κ1) is 14.9. The van der Waals surface area contributed by atoms with Crippen molar-refractivity contribution in [2.45, 2.75) is 33.8 Å². The minimum atomic E-state index is 0.0603. The average molecular weight is 276 g/mol.